The van der Waals surface area contributed by atoms with Crippen LogP contribution >= 0.6 is 23.2 Å². The van der Waals surface area contributed by atoms with Gasteiger partial charge in [0.25, 0.3) is 0 Å². The van der Waals surface area contributed by atoms with Crippen molar-refractivity contribution in [2.75, 3.05) is 0 Å². The van der Waals surface area contributed by atoms with Gasteiger partial charge in [-0.25, -0.2) is 0 Å². The van der Waals surface area contributed by atoms with Gasteiger partial charge in [-0.1, -0.05) is 53.5 Å². The van der Waals surface area contributed by atoms with Crippen LogP contribution in [0, 0.1) is 0 Å². The molecule has 4 aromatic rings. The Balaban J connectivity index is 1.65. The second kappa shape index (κ2) is 10.2. The number of ether oxygens (including phenoxy) is 2. The monoisotopic (exact) mass is 556 g/mol. The third kappa shape index (κ3) is 5.36. The van der Waals surface area contributed by atoms with Crippen LogP contribution in [0.1, 0.15) is 11.1 Å². The van der Waals surface area contributed by atoms with Gasteiger partial charge in [0.1, 0.15) is 23.0 Å². The molecule has 4 aromatic carbocycles. The Kier molecular flexibility index (Phi) is 7.35. The Morgan fingerprint density at radius 2 is 0.946 bits per heavy atom. The number of hydrogen-bond donors (Lipinski definition) is 0. The van der Waals surface area contributed by atoms with Crippen LogP contribution in [0.15, 0.2) is 97.1 Å². The van der Waals surface area contributed by atoms with Gasteiger partial charge in [-0.2, -0.15) is 26.3 Å². The highest BCUT2D eigenvalue weighted by Gasteiger charge is 2.73. The van der Waals surface area contributed by atoms with Gasteiger partial charge in [0.15, 0.2) is 0 Å². The minimum absolute atomic E-state index is 0.0240. The Morgan fingerprint density at radius 3 is 1.41 bits per heavy atom. The number of benzene rings is 4. The molecule has 0 aliphatic heterocycles. The van der Waals surface area contributed by atoms with Gasteiger partial charge in [0.05, 0.1) is 0 Å². The SMILES string of the molecule is FC(F)(F)C(c1ccc(Oc2ccc(Oc3ccccc3)cc2)cc1)(c1cc(Cl)ccc1Cl)C(F)(F)F. The molecule has 0 saturated heterocycles. The third-order valence-corrected chi connectivity index (χ3v) is 6.07. The molecule has 0 aliphatic carbocycles. The molecule has 4 rings (SSSR count). The number of para-hydroxylation sites is 1. The summed E-state index contributed by atoms with van der Waals surface area (Å²) in [5.74, 6) is 1.44. The molecular weight excluding hydrogens is 541 g/mol. The molecule has 10 heteroatoms. The van der Waals surface area contributed by atoms with Crippen molar-refractivity contribution < 1.29 is 35.8 Å². The Morgan fingerprint density at radius 1 is 0.514 bits per heavy atom. The summed E-state index contributed by atoms with van der Waals surface area (Å²) in [6.45, 7) is 0. The van der Waals surface area contributed by atoms with Crippen molar-refractivity contribution in [3.63, 3.8) is 0 Å². The summed E-state index contributed by atoms with van der Waals surface area (Å²) in [5.41, 5.74) is -6.73. The topological polar surface area (TPSA) is 18.5 Å². The molecule has 0 bridgehead atoms. The average molecular weight is 557 g/mol. The van der Waals surface area contributed by atoms with Crippen LogP contribution in [0.4, 0.5) is 26.3 Å². The Bertz CT molecular complexity index is 1340. The lowest BCUT2D eigenvalue weighted by Crippen LogP contribution is -2.55. The highest BCUT2D eigenvalue weighted by molar-refractivity contribution is 6.33. The van der Waals surface area contributed by atoms with Gasteiger partial charge in [-0.15, -0.1) is 0 Å². The van der Waals surface area contributed by atoms with E-state index in [1.54, 1.807) is 36.4 Å². The van der Waals surface area contributed by atoms with Crippen molar-refractivity contribution in [3.05, 3.63) is 118 Å². The molecule has 37 heavy (non-hydrogen) atoms. The first kappa shape index (κ1) is 26.7. The zero-order valence-electron chi connectivity index (χ0n) is 18.6. The first-order valence-electron chi connectivity index (χ1n) is 10.6. The highest BCUT2D eigenvalue weighted by Crippen LogP contribution is 2.58. The first-order chi connectivity index (χ1) is 17.4. The van der Waals surface area contributed by atoms with Gasteiger partial charge >= 0.3 is 12.4 Å². The molecule has 0 saturated carbocycles. The molecule has 0 heterocycles. The van der Waals surface area contributed by atoms with E-state index >= 15 is 0 Å². The van der Waals surface area contributed by atoms with E-state index in [9.17, 15) is 26.3 Å². The van der Waals surface area contributed by atoms with Crippen LogP contribution in [0.5, 0.6) is 23.0 Å². The van der Waals surface area contributed by atoms with E-state index in [1.807, 2.05) is 18.2 Å². The van der Waals surface area contributed by atoms with Gasteiger partial charge in [0.2, 0.25) is 5.41 Å². The van der Waals surface area contributed by atoms with Gasteiger partial charge < -0.3 is 9.47 Å². The molecule has 0 aromatic heterocycles. The van der Waals surface area contributed by atoms with E-state index in [0.29, 0.717) is 35.4 Å². The van der Waals surface area contributed by atoms with Crippen LogP contribution in [-0.2, 0) is 5.41 Å². The molecule has 0 aliphatic rings. The minimum atomic E-state index is -5.80. The molecule has 0 spiro atoms. The predicted molar refractivity (Wildman–Crippen MR) is 129 cm³/mol. The van der Waals surface area contributed by atoms with Gasteiger partial charge in [0, 0.05) is 15.6 Å². The van der Waals surface area contributed by atoms with Gasteiger partial charge in [-0.3, -0.25) is 0 Å². The number of halogens is 8. The predicted octanol–water partition coefficient (Wildman–Crippen LogP) is 9.99. The van der Waals surface area contributed by atoms with E-state index in [2.05, 4.69) is 0 Å². The lowest BCUT2D eigenvalue weighted by Gasteiger charge is -2.38. The molecule has 0 amide bonds. The number of rotatable bonds is 6. The van der Waals surface area contributed by atoms with Crippen molar-refractivity contribution in [2.24, 2.45) is 0 Å². The Hall–Kier alpha value is -3.36. The number of alkyl halides is 6. The van der Waals surface area contributed by atoms with Crippen molar-refractivity contribution in [3.8, 4) is 23.0 Å². The average Bonchev–Trinajstić information content (AvgIpc) is 2.83. The quantitative estimate of drug-likeness (QED) is 0.220. The Labute approximate surface area is 218 Å². The van der Waals surface area contributed by atoms with Crippen molar-refractivity contribution in [1.82, 2.24) is 0 Å². The molecule has 192 valence electrons. The molecule has 2 nitrogen and oxygen atoms in total. The minimum Gasteiger partial charge on any atom is -0.457 e. The van der Waals surface area contributed by atoms with Crippen LogP contribution in [0.3, 0.4) is 0 Å². The van der Waals surface area contributed by atoms with E-state index in [0.717, 1.165) is 24.3 Å². The highest BCUT2D eigenvalue weighted by atomic mass is 35.5. The standard InChI is InChI=1S/C27H16Cl2F6O2/c28-18-8-15-24(29)23(16-18)25(26(30,31)32,27(33,34)35)17-6-9-20(10-7-17)37-22-13-11-21(12-14-22)36-19-4-2-1-3-5-19/h1-16H. The summed E-state index contributed by atoms with van der Waals surface area (Å²) >= 11 is 11.6. The normalized spacial score (nSPS) is 12.3. The first-order valence-corrected chi connectivity index (χ1v) is 11.4. The van der Waals surface area contributed by atoms with Gasteiger partial charge in [-0.05, 0) is 72.3 Å². The van der Waals surface area contributed by atoms with Crippen LogP contribution in [-0.4, -0.2) is 12.4 Å². The zero-order valence-corrected chi connectivity index (χ0v) is 20.1. The fourth-order valence-corrected chi connectivity index (χ4v) is 4.27. The number of hydrogen-bond acceptors (Lipinski definition) is 2. The lowest BCUT2D eigenvalue weighted by atomic mass is 9.73. The zero-order chi connectivity index (χ0) is 26.8. The summed E-state index contributed by atoms with van der Waals surface area (Å²) < 4.78 is 97.3. The van der Waals surface area contributed by atoms with Crippen LogP contribution < -0.4 is 9.47 Å². The summed E-state index contributed by atoms with van der Waals surface area (Å²) in [4.78, 5) is 0. The smallest absolute Gasteiger partial charge is 0.411 e. The summed E-state index contributed by atoms with van der Waals surface area (Å²) in [7, 11) is 0. The van der Waals surface area contributed by atoms with E-state index in [-0.39, 0.29) is 10.8 Å². The van der Waals surface area contributed by atoms with Crippen molar-refractivity contribution in [2.45, 2.75) is 17.8 Å². The van der Waals surface area contributed by atoms with E-state index < -0.39 is 33.9 Å². The van der Waals surface area contributed by atoms with Crippen molar-refractivity contribution in [1.29, 1.82) is 0 Å². The molecule has 0 fully saturated rings. The second-order valence-electron chi connectivity index (χ2n) is 7.88. The summed E-state index contributed by atoms with van der Waals surface area (Å²) in [5, 5.41) is -1.05. The van der Waals surface area contributed by atoms with Crippen molar-refractivity contribution >= 4 is 23.2 Å². The van der Waals surface area contributed by atoms with E-state index in [4.69, 9.17) is 32.7 Å². The summed E-state index contributed by atoms with van der Waals surface area (Å²) in [6.07, 6.45) is -11.6. The fraction of sp³-hybridized carbons (Fsp3) is 0.111. The maximum absolute atomic E-state index is 14.3. The maximum Gasteiger partial charge on any atom is 0.411 e. The molecule has 0 N–H and O–H groups in total. The van der Waals surface area contributed by atoms with Crippen LogP contribution in [0.2, 0.25) is 10.0 Å². The molecule has 0 atom stereocenters. The van der Waals surface area contributed by atoms with Crippen LogP contribution in [0.25, 0.3) is 0 Å². The molecule has 0 unspecified atom stereocenters. The second-order valence-corrected chi connectivity index (χ2v) is 8.73. The molecule has 0 radical (unpaired) electrons. The lowest BCUT2D eigenvalue weighted by molar-refractivity contribution is -0.288. The maximum atomic E-state index is 14.3. The molecular formula is C27H16Cl2F6O2. The van der Waals surface area contributed by atoms with E-state index in [1.165, 1.54) is 0 Å². The largest absolute Gasteiger partial charge is 0.457 e. The fourth-order valence-electron chi connectivity index (χ4n) is 3.84. The summed E-state index contributed by atoms with van der Waals surface area (Å²) in [6, 6.07) is 21.4. The third-order valence-electron chi connectivity index (χ3n) is 5.51.